The van der Waals surface area contributed by atoms with Gasteiger partial charge in [0.25, 0.3) is 5.76 Å². The van der Waals surface area contributed by atoms with Crippen molar-refractivity contribution in [3.8, 4) is 0 Å². The number of ether oxygens (including phenoxy) is 5. The Labute approximate surface area is 518 Å². The molecule has 0 aromatic rings. The third kappa shape index (κ3) is 39.8. The Bertz CT molecular complexity index is 1620. The maximum atomic E-state index is 14.9. The molecule has 5 unspecified atom stereocenters. The number of hydrogen-bond donors (Lipinski definition) is 0. The van der Waals surface area contributed by atoms with E-state index >= 15 is 0 Å². The molecule has 10 nitrogen and oxygen atoms in total. The molecule has 84 heavy (non-hydrogen) atoms. The van der Waals surface area contributed by atoms with E-state index in [4.69, 9.17) is 23.7 Å². The minimum Gasteiger partial charge on any atom is -0.461 e. The first-order valence-corrected chi connectivity index (χ1v) is 36.8. The molecule has 1 aliphatic heterocycles. The van der Waals surface area contributed by atoms with Crippen molar-refractivity contribution < 1.29 is 47.7 Å². The SMILES string of the molecule is CCCCCCCCCCC(CCCCCC)C(=O)O[C@@H](COC(=O)C(CCCCCC)CCCCCCCCC)C1OC(=O)C(OC(=O)C(CCCCCC)CCCCCCCCC)=C1OC(=O)C(CCCCCC)CCCCCCCC. The normalized spacial score (nSPS) is 15.2. The van der Waals surface area contributed by atoms with Crippen LogP contribution in [0.25, 0.3) is 0 Å². The fourth-order valence-electron chi connectivity index (χ4n) is 12.2. The molecule has 1 rings (SSSR count). The predicted octanol–water partition coefficient (Wildman–Crippen LogP) is 22.6. The third-order valence-electron chi connectivity index (χ3n) is 17.9. The van der Waals surface area contributed by atoms with Crippen LogP contribution >= 0.6 is 0 Å². The first-order chi connectivity index (χ1) is 41.1. The zero-order chi connectivity index (χ0) is 61.5. The van der Waals surface area contributed by atoms with Crippen LogP contribution < -0.4 is 0 Å². The number of carbonyl (C=O) groups is 5. The zero-order valence-electron chi connectivity index (χ0n) is 56.5. The lowest BCUT2D eigenvalue weighted by molar-refractivity contribution is -0.177. The molecule has 492 valence electrons. The second kappa shape index (κ2) is 56.6. The van der Waals surface area contributed by atoms with Crippen LogP contribution in [0, 0.1) is 23.7 Å². The quantitative estimate of drug-likeness (QED) is 0.0329. The molecule has 1 heterocycles. The van der Waals surface area contributed by atoms with Crippen LogP contribution in [0.3, 0.4) is 0 Å². The molecule has 0 saturated heterocycles. The summed E-state index contributed by atoms with van der Waals surface area (Å²) in [5.74, 6) is -5.12. The smallest absolute Gasteiger partial charge is 0.379 e. The van der Waals surface area contributed by atoms with E-state index in [0.717, 1.165) is 193 Å². The molecule has 0 saturated carbocycles. The summed E-state index contributed by atoms with van der Waals surface area (Å²) in [6.07, 6.45) is 50.0. The number of carbonyl (C=O) groups excluding carboxylic acids is 5. The van der Waals surface area contributed by atoms with Crippen LogP contribution in [-0.2, 0) is 47.7 Å². The highest BCUT2D eigenvalue weighted by Gasteiger charge is 2.48. The number of rotatable bonds is 62. The maximum Gasteiger partial charge on any atom is 0.379 e. The highest BCUT2D eigenvalue weighted by molar-refractivity contribution is 5.93. The van der Waals surface area contributed by atoms with Gasteiger partial charge in [0, 0.05) is 0 Å². The van der Waals surface area contributed by atoms with Gasteiger partial charge >= 0.3 is 29.8 Å². The van der Waals surface area contributed by atoms with Gasteiger partial charge in [0.1, 0.15) is 6.61 Å². The summed E-state index contributed by atoms with van der Waals surface area (Å²) in [4.78, 5) is 73.7. The Hall–Kier alpha value is -2.91. The molecular formula is C74H136O10. The second-order valence-corrected chi connectivity index (χ2v) is 25.8. The summed E-state index contributed by atoms with van der Waals surface area (Å²) in [6.45, 7) is 17.2. The standard InChI is InChI=1S/C74H136O10/c1-9-17-25-33-37-40-44-51-58-63(55-46-30-22-14-6)71(76)81-66(61-80-70(75)62(53-45-29-21-13-5)54-49-42-38-34-26-18-10-2)67-68(83-72(77)64(56-47-31-23-15-7)59-50-41-36-28-20-12-4)69(74(79)82-67)84-73(78)65(57-48-32-24-16-8)60-52-43-39-35-27-19-11-3/h62-67H,9-61H2,1-8H3/t62?,63?,64?,65?,66-,67?/m0/s1. The molecule has 1 aliphatic rings. The van der Waals surface area contributed by atoms with Gasteiger partial charge in [-0.3, -0.25) is 19.2 Å². The Morgan fingerprint density at radius 1 is 0.321 bits per heavy atom. The molecule has 0 fully saturated rings. The maximum absolute atomic E-state index is 14.9. The number of hydrogen-bond acceptors (Lipinski definition) is 10. The van der Waals surface area contributed by atoms with E-state index in [9.17, 15) is 24.0 Å². The van der Waals surface area contributed by atoms with E-state index in [1.807, 2.05) is 0 Å². The van der Waals surface area contributed by atoms with Crippen LogP contribution in [0.2, 0.25) is 0 Å². The zero-order valence-corrected chi connectivity index (χ0v) is 56.5. The van der Waals surface area contributed by atoms with Crippen molar-refractivity contribution in [2.75, 3.05) is 6.61 Å². The molecule has 0 aromatic heterocycles. The van der Waals surface area contributed by atoms with E-state index in [1.165, 1.54) is 89.9 Å². The topological polar surface area (TPSA) is 132 Å². The average molecular weight is 1190 g/mol. The van der Waals surface area contributed by atoms with Crippen molar-refractivity contribution in [2.45, 2.75) is 401 Å². The highest BCUT2D eigenvalue weighted by Crippen LogP contribution is 2.35. The average Bonchev–Trinajstić information content (AvgIpc) is 2.86. The van der Waals surface area contributed by atoms with E-state index in [0.29, 0.717) is 51.4 Å². The summed E-state index contributed by atoms with van der Waals surface area (Å²) < 4.78 is 31.9. The lowest BCUT2D eigenvalue weighted by Gasteiger charge is -2.27. The van der Waals surface area contributed by atoms with Gasteiger partial charge in [-0.1, -0.05) is 338 Å². The van der Waals surface area contributed by atoms with Crippen molar-refractivity contribution >= 4 is 29.8 Å². The molecular weight excluding hydrogens is 1050 g/mol. The first kappa shape index (κ1) is 79.1. The van der Waals surface area contributed by atoms with Crippen molar-refractivity contribution in [1.82, 2.24) is 0 Å². The molecule has 0 N–H and O–H groups in total. The Kier molecular flexibility index (Phi) is 53.3. The van der Waals surface area contributed by atoms with Gasteiger partial charge in [0.05, 0.1) is 23.7 Å². The summed E-state index contributed by atoms with van der Waals surface area (Å²) >= 11 is 0. The summed E-state index contributed by atoms with van der Waals surface area (Å²) in [5, 5.41) is 0. The fourth-order valence-corrected chi connectivity index (χ4v) is 12.2. The lowest BCUT2D eigenvalue weighted by Crippen LogP contribution is -2.41. The van der Waals surface area contributed by atoms with Crippen molar-refractivity contribution in [2.24, 2.45) is 23.7 Å². The van der Waals surface area contributed by atoms with E-state index in [2.05, 4.69) is 55.4 Å². The van der Waals surface area contributed by atoms with Crippen LogP contribution in [0.5, 0.6) is 0 Å². The molecule has 6 atom stereocenters. The van der Waals surface area contributed by atoms with Crippen molar-refractivity contribution in [3.05, 3.63) is 11.5 Å². The Balaban J connectivity index is 4.00. The van der Waals surface area contributed by atoms with E-state index in [1.54, 1.807) is 0 Å². The number of esters is 5. The van der Waals surface area contributed by atoms with Gasteiger partial charge in [0.15, 0.2) is 6.10 Å². The fraction of sp³-hybridized carbons (Fsp3) is 0.905. The van der Waals surface area contributed by atoms with Crippen LogP contribution in [0.15, 0.2) is 11.5 Å². The lowest BCUT2D eigenvalue weighted by atomic mass is 9.94. The monoisotopic (exact) mass is 1190 g/mol. The molecule has 0 amide bonds. The Morgan fingerprint density at radius 2 is 0.560 bits per heavy atom. The van der Waals surface area contributed by atoms with E-state index < -0.39 is 66.2 Å². The van der Waals surface area contributed by atoms with Gasteiger partial charge < -0.3 is 23.7 Å². The molecule has 0 bridgehead atoms. The predicted molar refractivity (Wildman–Crippen MR) is 349 cm³/mol. The summed E-state index contributed by atoms with van der Waals surface area (Å²) in [6, 6.07) is 0. The summed E-state index contributed by atoms with van der Waals surface area (Å²) in [5.41, 5.74) is 0. The number of cyclic esters (lactones) is 1. The van der Waals surface area contributed by atoms with Crippen molar-refractivity contribution in [3.63, 3.8) is 0 Å². The first-order valence-electron chi connectivity index (χ1n) is 36.8. The van der Waals surface area contributed by atoms with Crippen LogP contribution in [0.1, 0.15) is 389 Å². The molecule has 0 aliphatic carbocycles. The van der Waals surface area contributed by atoms with Crippen LogP contribution in [-0.4, -0.2) is 48.7 Å². The van der Waals surface area contributed by atoms with Gasteiger partial charge in [0.2, 0.25) is 11.9 Å². The van der Waals surface area contributed by atoms with Gasteiger partial charge in [-0.15, -0.1) is 0 Å². The molecule has 0 spiro atoms. The molecule has 0 radical (unpaired) electrons. The summed E-state index contributed by atoms with van der Waals surface area (Å²) in [7, 11) is 0. The third-order valence-corrected chi connectivity index (χ3v) is 17.9. The van der Waals surface area contributed by atoms with E-state index in [-0.39, 0.29) is 17.6 Å². The second-order valence-electron chi connectivity index (χ2n) is 25.8. The largest absolute Gasteiger partial charge is 0.461 e. The van der Waals surface area contributed by atoms with Gasteiger partial charge in [-0.05, 0) is 51.4 Å². The molecule has 10 heteroatoms. The molecule has 0 aromatic carbocycles. The van der Waals surface area contributed by atoms with Crippen molar-refractivity contribution in [1.29, 1.82) is 0 Å². The van der Waals surface area contributed by atoms with Gasteiger partial charge in [-0.25, -0.2) is 4.79 Å². The van der Waals surface area contributed by atoms with Crippen LogP contribution in [0.4, 0.5) is 0 Å². The number of unbranched alkanes of at least 4 members (excludes halogenated alkanes) is 36. The van der Waals surface area contributed by atoms with Gasteiger partial charge in [-0.2, -0.15) is 0 Å². The highest BCUT2D eigenvalue weighted by atomic mass is 16.7. The Morgan fingerprint density at radius 3 is 0.857 bits per heavy atom. The minimum atomic E-state index is -1.48. The minimum absolute atomic E-state index is 0.240.